The molecule has 7 rings (SSSR count). The summed E-state index contributed by atoms with van der Waals surface area (Å²) in [4.78, 5) is 0. The molecule has 0 unspecified atom stereocenters. The molecule has 0 saturated carbocycles. The lowest BCUT2D eigenvalue weighted by atomic mass is 10.1. The van der Waals surface area contributed by atoms with Crippen LogP contribution in [-0.2, 0) is 0 Å². The molecule has 7 aromatic rings. The molecule has 2 heterocycles. The van der Waals surface area contributed by atoms with Crippen LogP contribution in [0.3, 0.4) is 0 Å². The fourth-order valence-corrected chi connectivity index (χ4v) is 5.72. The molecule has 0 saturated heterocycles. The summed E-state index contributed by atoms with van der Waals surface area (Å²) in [6, 6.07) is 40.3. The van der Waals surface area contributed by atoms with Crippen LogP contribution in [0.4, 0.5) is 0 Å². The minimum atomic E-state index is 0.447. The lowest BCUT2D eigenvalue weighted by molar-refractivity contribution is 1.15. The van der Waals surface area contributed by atoms with Crippen LogP contribution in [0.5, 0.6) is 0 Å². The van der Waals surface area contributed by atoms with Crippen molar-refractivity contribution < 1.29 is 0 Å². The number of hydrogen-bond acceptors (Lipinski definition) is 3. The first kappa shape index (κ1) is 21.5. The SMILES string of the molecule is N#Cc1cccc(-n2c3ccccc3c3c4c5ccccc5n(-c5c(C#N)cccc5C#N)c4ccc32)c1. The van der Waals surface area contributed by atoms with Crippen LogP contribution in [0.1, 0.15) is 16.7 Å². The van der Waals surface area contributed by atoms with E-state index in [0.29, 0.717) is 22.4 Å². The molecular formula is C33H17N5. The highest BCUT2D eigenvalue weighted by atomic mass is 15.0. The quantitative estimate of drug-likeness (QED) is 0.255. The second-order valence-electron chi connectivity index (χ2n) is 9.15. The predicted octanol–water partition coefficient (Wildman–Crippen LogP) is 7.50. The Balaban J connectivity index is 1.72. The number of rotatable bonds is 2. The maximum absolute atomic E-state index is 9.97. The van der Waals surface area contributed by atoms with Crippen molar-refractivity contribution in [1.29, 1.82) is 15.8 Å². The van der Waals surface area contributed by atoms with E-state index >= 15 is 0 Å². The lowest BCUT2D eigenvalue weighted by Gasteiger charge is -2.12. The fraction of sp³-hybridized carbons (Fsp3) is 0. The van der Waals surface area contributed by atoms with Crippen LogP contribution < -0.4 is 0 Å². The normalized spacial score (nSPS) is 11.1. The fourth-order valence-electron chi connectivity index (χ4n) is 5.72. The molecule has 2 aromatic heterocycles. The van der Waals surface area contributed by atoms with Crippen molar-refractivity contribution in [3.05, 3.63) is 120 Å². The molecular weight excluding hydrogens is 466 g/mol. The molecule has 38 heavy (non-hydrogen) atoms. The number of fused-ring (bicyclic) bond motifs is 7. The Morgan fingerprint density at radius 1 is 0.474 bits per heavy atom. The summed E-state index contributed by atoms with van der Waals surface area (Å²) in [6.45, 7) is 0. The molecule has 0 aliphatic carbocycles. The van der Waals surface area contributed by atoms with Gasteiger partial charge in [0.05, 0.1) is 50.5 Å². The molecule has 5 nitrogen and oxygen atoms in total. The van der Waals surface area contributed by atoms with Crippen LogP contribution in [0.25, 0.3) is 55.0 Å². The van der Waals surface area contributed by atoms with Gasteiger partial charge in [0.25, 0.3) is 0 Å². The molecule has 174 valence electrons. The van der Waals surface area contributed by atoms with E-state index in [1.807, 2.05) is 59.2 Å². The van der Waals surface area contributed by atoms with Gasteiger partial charge in [-0.1, -0.05) is 48.5 Å². The van der Waals surface area contributed by atoms with Gasteiger partial charge in [-0.15, -0.1) is 0 Å². The lowest BCUT2D eigenvalue weighted by Crippen LogP contribution is -2.01. The number of hydrogen-bond donors (Lipinski definition) is 0. The molecule has 0 aliphatic heterocycles. The van der Waals surface area contributed by atoms with Gasteiger partial charge in [0, 0.05) is 27.2 Å². The molecule has 0 fully saturated rings. The molecule has 5 heteroatoms. The van der Waals surface area contributed by atoms with Crippen molar-refractivity contribution >= 4 is 43.6 Å². The maximum Gasteiger partial charge on any atom is 0.101 e. The molecule has 0 spiro atoms. The van der Waals surface area contributed by atoms with Crippen molar-refractivity contribution in [2.24, 2.45) is 0 Å². The third kappa shape index (κ3) is 2.83. The molecule has 0 radical (unpaired) electrons. The highest BCUT2D eigenvalue weighted by Gasteiger charge is 2.22. The van der Waals surface area contributed by atoms with Crippen LogP contribution in [-0.4, -0.2) is 9.13 Å². The smallest absolute Gasteiger partial charge is 0.101 e. The van der Waals surface area contributed by atoms with Gasteiger partial charge in [0.2, 0.25) is 0 Å². The summed E-state index contributed by atoms with van der Waals surface area (Å²) in [5.41, 5.74) is 6.91. The first-order valence-corrected chi connectivity index (χ1v) is 12.1. The standard InChI is InChI=1S/C33H17N5/c34-18-21-7-5-10-24(17-21)37-27-13-3-1-11-25(27)31-29(37)15-16-30-32(31)26-12-2-4-14-28(26)38(30)33-22(19-35)8-6-9-23(33)20-36/h1-17H. The van der Waals surface area contributed by atoms with Crippen LogP contribution in [0.15, 0.2) is 103 Å². The maximum atomic E-state index is 9.97. The van der Waals surface area contributed by atoms with Gasteiger partial charge < -0.3 is 9.13 Å². The largest absolute Gasteiger partial charge is 0.309 e. The highest BCUT2D eigenvalue weighted by Crippen LogP contribution is 2.42. The van der Waals surface area contributed by atoms with E-state index in [1.165, 1.54) is 0 Å². The minimum absolute atomic E-state index is 0.447. The molecule has 0 bridgehead atoms. The summed E-state index contributed by atoms with van der Waals surface area (Å²) in [6.07, 6.45) is 0. The number of aromatic nitrogens is 2. The van der Waals surface area contributed by atoms with Gasteiger partial charge in [0.15, 0.2) is 0 Å². The zero-order valence-corrected chi connectivity index (χ0v) is 20.1. The Kier molecular flexibility index (Phi) is 4.57. The second-order valence-corrected chi connectivity index (χ2v) is 9.15. The van der Waals surface area contributed by atoms with Crippen molar-refractivity contribution in [2.75, 3.05) is 0 Å². The van der Waals surface area contributed by atoms with Crippen LogP contribution >= 0.6 is 0 Å². The zero-order chi connectivity index (χ0) is 25.8. The van der Waals surface area contributed by atoms with E-state index in [1.54, 1.807) is 18.2 Å². The zero-order valence-electron chi connectivity index (χ0n) is 20.1. The topological polar surface area (TPSA) is 81.2 Å². The second kappa shape index (κ2) is 8.10. The molecule has 5 aromatic carbocycles. The van der Waals surface area contributed by atoms with Crippen LogP contribution in [0.2, 0.25) is 0 Å². The van der Waals surface area contributed by atoms with Gasteiger partial charge in [0.1, 0.15) is 12.1 Å². The van der Waals surface area contributed by atoms with E-state index in [9.17, 15) is 15.8 Å². The van der Waals surface area contributed by atoms with E-state index in [2.05, 4.69) is 53.1 Å². The summed E-state index contributed by atoms with van der Waals surface area (Å²) < 4.78 is 4.24. The number of para-hydroxylation sites is 3. The summed E-state index contributed by atoms with van der Waals surface area (Å²) in [5.74, 6) is 0. The van der Waals surface area contributed by atoms with Crippen LogP contribution in [0, 0.1) is 34.0 Å². The third-order valence-corrected chi connectivity index (χ3v) is 7.21. The van der Waals surface area contributed by atoms with Gasteiger partial charge in [-0.25, -0.2) is 0 Å². The third-order valence-electron chi connectivity index (χ3n) is 7.21. The first-order chi connectivity index (χ1) is 18.7. The van der Waals surface area contributed by atoms with Crippen molar-refractivity contribution in [3.8, 4) is 29.6 Å². The average molecular weight is 484 g/mol. The summed E-state index contributed by atoms with van der Waals surface area (Å²) in [5, 5.41) is 33.7. The van der Waals surface area contributed by atoms with E-state index in [-0.39, 0.29) is 0 Å². The van der Waals surface area contributed by atoms with Crippen molar-refractivity contribution in [1.82, 2.24) is 9.13 Å². The average Bonchev–Trinajstić information content (AvgIpc) is 3.49. The number of nitrogens with zero attached hydrogens (tertiary/aromatic N) is 5. The van der Waals surface area contributed by atoms with Crippen molar-refractivity contribution in [3.63, 3.8) is 0 Å². The monoisotopic (exact) mass is 483 g/mol. The Hall–Kier alpha value is -5.83. The number of nitriles is 3. The van der Waals surface area contributed by atoms with E-state index in [0.717, 1.165) is 49.3 Å². The van der Waals surface area contributed by atoms with Gasteiger partial charge in [-0.2, -0.15) is 15.8 Å². The predicted molar refractivity (Wildman–Crippen MR) is 149 cm³/mol. The van der Waals surface area contributed by atoms with Gasteiger partial charge >= 0.3 is 0 Å². The number of benzene rings is 5. The Bertz CT molecular complexity index is 2190. The van der Waals surface area contributed by atoms with E-state index < -0.39 is 0 Å². The molecule has 0 amide bonds. The Labute approximate surface area is 217 Å². The molecule has 0 aliphatic rings. The summed E-state index contributed by atoms with van der Waals surface area (Å²) in [7, 11) is 0. The Morgan fingerprint density at radius 2 is 1.03 bits per heavy atom. The van der Waals surface area contributed by atoms with Gasteiger partial charge in [-0.3, -0.25) is 0 Å². The first-order valence-electron chi connectivity index (χ1n) is 12.1. The van der Waals surface area contributed by atoms with E-state index in [4.69, 9.17) is 0 Å². The van der Waals surface area contributed by atoms with Crippen molar-refractivity contribution in [2.45, 2.75) is 0 Å². The Morgan fingerprint density at radius 3 is 1.63 bits per heavy atom. The molecule has 0 atom stereocenters. The minimum Gasteiger partial charge on any atom is -0.309 e. The van der Waals surface area contributed by atoms with Gasteiger partial charge in [-0.05, 0) is 54.6 Å². The molecule has 0 N–H and O–H groups in total. The summed E-state index contributed by atoms with van der Waals surface area (Å²) >= 11 is 0. The highest BCUT2D eigenvalue weighted by molar-refractivity contribution is 6.29.